The predicted octanol–water partition coefficient (Wildman–Crippen LogP) is 3.90. The lowest BCUT2D eigenvalue weighted by molar-refractivity contribution is -0.0508. The first-order valence-electron chi connectivity index (χ1n) is 10.9. The number of aromatic nitrogens is 1. The first-order chi connectivity index (χ1) is 16.2. The Balaban J connectivity index is 1.70. The van der Waals surface area contributed by atoms with Gasteiger partial charge >= 0.3 is 6.61 Å². The van der Waals surface area contributed by atoms with Crippen molar-refractivity contribution in [2.24, 2.45) is 5.92 Å². The maximum atomic E-state index is 13.5. The summed E-state index contributed by atoms with van der Waals surface area (Å²) in [4.78, 5) is 29.9. The summed E-state index contributed by atoms with van der Waals surface area (Å²) in [5.74, 6) is -1.08. The number of ether oxygens (including phenoxy) is 2. The van der Waals surface area contributed by atoms with Crippen LogP contribution in [0.4, 0.5) is 8.78 Å². The molecule has 1 amide bonds. The molecule has 0 saturated carbocycles. The van der Waals surface area contributed by atoms with Gasteiger partial charge in [0.05, 0.1) is 35.9 Å². The number of hydrogen-bond donors (Lipinski definition) is 2. The number of nitrogens with zero attached hydrogens (tertiary/aromatic N) is 1. The summed E-state index contributed by atoms with van der Waals surface area (Å²) < 4.78 is 35.8. The van der Waals surface area contributed by atoms with Gasteiger partial charge in [0.1, 0.15) is 5.75 Å². The monoisotopic (exact) mass is 516 g/mol. The lowest BCUT2D eigenvalue weighted by atomic mass is 9.83. The number of nitrogens with one attached hydrogen (secondary N) is 1. The Kier molecular flexibility index (Phi) is 7.47. The number of halogens is 4. The number of H-pyrrole nitrogens is 1. The lowest BCUT2D eigenvalue weighted by Gasteiger charge is -2.32. The molecule has 1 saturated heterocycles. The Morgan fingerprint density at radius 2 is 2.09 bits per heavy atom. The Morgan fingerprint density at radius 3 is 2.74 bits per heavy atom. The largest absolute Gasteiger partial charge is 0.434 e. The summed E-state index contributed by atoms with van der Waals surface area (Å²) >= 11 is 13.2. The van der Waals surface area contributed by atoms with Crippen LogP contribution in [-0.4, -0.2) is 53.9 Å². The average Bonchev–Trinajstić information content (AvgIpc) is 3.29. The molecule has 0 bridgehead atoms. The van der Waals surface area contributed by atoms with Gasteiger partial charge in [-0.2, -0.15) is 8.78 Å². The van der Waals surface area contributed by atoms with E-state index in [4.69, 9.17) is 27.9 Å². The van der Waals surface area contributed by atoms with Crippen molar-refractivity contribution in [1.82, 2.24) is 9.88 Å². The summed E-state index contributed by atoms with van der Waals surface area (Å²) in [6.45, 7) is -0.743. The zero-order chi connectivity index (χ0) is 24.6. The first kappa shape index (κ1) is 24.9. The van der Waals surface area contributed by atoms with E-state index in [9.17, 15) is 23.5 Å². The van der Waals surface area contributed by atoms with Crippen LogP contribution >= 0.6 is 23.2 Å². The Morgan fingerprint density at radius 1 is 1.32 bits per heavy atom. The predicted molar refractivity (Wildman–Crippen MR) is 122 cm³/mol. The van der Waals surface area contributed by atoms with E-state index in [0.717, 1.165) is 6.42 Å². The fraction of sp³-hybridized carbons (Fsp3) is 0.478. The number of carbonyl (C=O) groups is 1. The number of carbonyl (C=O) groups excluding carboxylic acids is 1. The SMILES string of the molecule is Cc1cc(OC(F)F)c(CN2CCc3c(Cl)cc(C(CO)C4CCOC4)c(Cl)c3C2=O)c(=O)[nH]1. The van der Waals surface area contributed by atoms with E-state index in [1.54, 1.807) is 13.0 Å². The second-order valence-corrected chi connectivity index (χ2v) is 9.29. The van der Waals surface area contributed by atoms with Crippen molar-refractivity contribution >= 4 is 29.1 Å². The number of rotatable bonds is 7. The van der Waals surface area contributed by atoms with Gasteiger partial charge in [-0.25, -0.2) is 0 Å². The molecule has 2 N–H and O–H groups in total. The van der Waals surface area contributed by atoms with Gasteiger partial charge in [-0.05, 0) is 42.9 Å². The molecule has 2 aliphatic rings. The second-order valence-electron chi connectivity index (χ2n) is 8.51. The maximum Gasteiger partial charge on any atom is 0.387 e. The number of aromatic amines is 1. The van der Waals surface area contributed by atoms with Crippen LogP contribution in [0.25, 0.3) is 0 Å². The number of pyridine rings is 1. The van der Waals surface area contributed by atoms with Crippen LogP contribution in [0.2, 0.25) is 10.0 Å². The minimum atomic E-state index is -3.12. The van der Waals surface area contributed by atoms with E-state index in [-0.39, 0.29) is 53.4 Å². The van der Waals surface area contributed by atoms with Crippen molar-refractivity contribution in [3.63, 3.8) is 0 Å². The van der Waals surface area contributed by atoms with E-state index in [1.807, 2.05) is 0 Å². The van der Waals surface area contributed by atoms with E-state index in [1.165, 1.54) is 11.0 Å². The highest BCUT2D eigenvalue weighted by Gasteiger charge is 2.35. The number of aliphatic hydroxyl groups is 1. The third kappa shape index (κ3) is 4.79. The molecule has 0 radical (unpaired) electrons. The number of amides is 1. The molecular weight excluding hydrogens is 493 g/mol. The van der Waals surface area contributed by atoms with Gasteiger partial charge in [-0.1, -0.05) is 23.2 Å². The van der Waals surface area contributed by atoms with Gasteiger partial charge in [0.25, 0.3) is 11.5 Å². The number of hydrogen-bond acceptors (Lipinski definition) is 5. The van der Waals surface area contributed by atoms with E-state index in [2.05, 4.69) is 9.72 Å². The molecule has 1 aromatic heterocycles. The van der Waals surface area contributed by atoms with Gasteiger partial charge in [0.2, 0.25) is 0 Å². The molecule has 184 valence electrons. The van der Waals surface area contributed by atoms with Crippen molar-refractivity contribution < 1.29 is 28.2 Å². The molecule has 2 aliphatic heterocycles. The van der Waals surface area contributed by atoms with Crippen molar-refractivity contribution in [1.29, 1.82) is 0 Å². The number of fused-ring (bicyclic) bond motifs is 1. The van der Waals surface area contributed by atoms with Crippen LogP contribution in [0, 0.1) is 12.8 Å². The zero-order valence-corrected chi connectivity index (χ0v) is 19.9. The molecule has 3 heterocycles. The van der Waals surface area contributed by atoms with Gasteiger partial charge < -0.3 is 24.5 Å². The molecule has 2 unspecified atom stereocenters. The molecule has 7 nitrogen and oxygen atoms in total. The molecule has 34 heavy (non-hydrogen) atoms. The minimum Gasteiger partial charge on any atom is -0.434 e. The Labute approximate surface area is 204 Å². The number of alkyl halides is 2. The average molecular weight is 517 g/mol. The van der Waals surface area contributed by atoms with Crippen LogP contribution in [-0.2, 0) is 17.7 Å². The molecule has 0 aliphatic carbocycles. The zero-order valence-electron chi connectivity index (χ0n) is 18.4. The summed E-state index contributed by atoms with van der Waals surface area (Å²) in [5, 5.41) is 10.6. The van der Waals surface area contributed by atoms with Crippen LogP contribution in [0.3, 0.4) is 0 Å². The van der Waals surface area contributed by atoms with E-state index >= 15 is 0 Å². The van der Waals surface area contributed by atoms with Gasteiger partial charge in [-0.3, -0.25) is 9.59 Å². The third-order valence-electron chi connectivity index (χ3n) is 6.40. The summed E-state index contributed by atoms with van der Waals surface area (Å²) in [5.41, 5.74) is 0.996. The number of benzene rings is 1. The van der Waals surface area contributed by atoms with Crippen LogP contribution < -0.4 is 10.3 Å². The summed E-state index contributed by atoms with van der Waals surface area (Å²) in [6, 6.07) is 2.99. The fourth-order valence-corrected chi connectivity index (χ4v) is 5.37. The maximum absolute atomic E-state index is 13.5. The van der Waals surface area contributed by atoms with E-state index in [0.29, 0.717) is 41.5 Å². The van der Waals surface area contributed by atoms with Crippen molar-refractivity contribution in [3.05, 3.63) is 60.5 Å². The molecule has 2 aromatic rings. The molecule has 2 atom stereocenters. The fourth-order valence-electron chi connectivity index (χ4n) is 4.68. The van der Waals surface area contributed by atoms with Crippen LogP contribution in [0.5, 0.6) is 5.75 Å². The highest BCUT2D eigenvalue weighted by molar-refractivity contribution is 6.37. The van der Waals surface area contributed by atoms with Crippen molar-refractivity contribution in [3.8, 4) is 5.75 Å². The topological polar surface area (TPSA) is 91.9 Å². The quantitative estimate of drug-likeness (QED) is 0.582. The lowest BCUT2D eigenvalue weighted by Crippen LogP contribution is -2.39. The number of aliphatic hydroxyl groups excluding tert-OH is 1. The van der Waals surface area contributed by atoms with Gasteiger partial charge in [0.15, 0.2) is 0 Å². The van der Waals surface area contributed by atoms with Crippen molar-refractivity contribution in [2.75, 3.05) is 26.4 Å². The second kappa shape index (κ2) is 10.2. The highest BCUT2D eigenvalue weighted by Crippen LogP contribution is 2.41. The molecule has 11 heteroatoms. The molecule has 1 aromatic carbocycles. The standard InChI is InChI=1S/C23H24Cl2F2N2O5/c1-11-6-18(34-23(26)27)15(21(31)28-11)8-29-4-2-13-17(24)7-14(20(25)19(13)22(29)32)16(9-30)12-3-5-33-10-12/h6-7,12,16,23,30H,2-5,8-10H2,1H3,(H,28,31). The normalized spacial score (nSPS) is 19.0. The van der Waals surface area contributed by atoms with Gasteiger partial charge in [-0.15, -0.1) is 0 Å². The van der Waals surface area contributed by atoms with E-state index < -0.39 is 18.1 Å². The highest BCUT2D eigenvalue weighted by atomic mass is 35.5. The molecular formula is C23H24Cl2F2N2O5. The van der Waals surface area contributed by atoms with Crippen LogP contribution in [0.1, 0.15) is 45.1 Å². The minimum absolute atomic E-state index is 0.0339. The Hall–Kier alpha value is -2.20. The Bertz CT molecular complexity index is 1150. The van der Waals surface area contributed by atoms with Crippen molar-refractivity contribution in [2.45, 2.75) is 38.8 Å². The summed E-state index contributed by atoms with van der Waals surface area (Å²) in [7, 11) is 0. The summed E-state index contributed by atoms with van der Waals surface area (Å²) in [6.07, 6.45) is 1.12. The van der Waals surface area contributed by atoms with Gasteiger partial charge in [0, 0.05) is 35.9 Å². The first-order valence-corrected chi connectivity index (χ1v) is 11.6. The smallest absolute Gasteiger partial charge is 0.387 e. The molecule has 0 spiro atoms. The number of aryl methyl sites for hydroxylation is 1. The third-order valence-corrected chi connectivity index (χ3v) is 7.15. The molecule has 4 rings (SSSR count). The molecule has 1 fully saturated rings. The van der Waals surface area contributed by atoms with Crippen LogP contribution in [0.15, 0.2) is 16.9 Å².